The summed E-state index contributed by atoms with van der Waals surface area (Å²) in [6, 6.07) is 6.92. The van der Waals surface area contributed by atoms with Crippen molar-refractivity contribution >= 4 is 23.6 Å². The zero-order valence-corrected chi connectivity index (χ0v) is 10.8. The van der Waals surface area contributed by atoms with Crippen LogP contribution in [0.15, 0.2) is 30.3 Å². The fourth-order valence-corrected chi connectivity index (χ4v) is 1.39. The predicted molar refractivity (Wildman–Crippen MR) is 72.9 cm³/mol. The van der Waals surface area contributed by atoms with Gasteiger partial charge in [0.1, 0.15) is 6.61 Å². The van der Waals surface area contributed by atoms with Crippen molar-refractivity contribution in [2.75, 3.05) is 18.5 Å². The second-order valence-electron chi connectivity index (χ2n) is 3.90. The molecule has 0 saturated carbocycles. The van der Waals surface area contributed by atoms with Gasteiger partial charge in [0.2, 0.25) is 5.91 Å². The molecular weight excluding hydrogens is 246 g/mol. The Hall–Kier alpha value is -2.14. The highest BCUT2D eigenvalue weighted by atomic mass is 16.5. The van der Waals surface area contributed by atoms with E-state index in [1.54, 1.807) is 24.3 Å². The monoisotopic (exact) mass is 263 g/mol. The molecule has 0 aliphatic carbocycles. The molecule has 5 nitrogen and oxygen atoms in total. The van der Waals surface area contributed by atoms with Crippen LogP contribution in [0.5, 0.6) is 0 Å². The summed E-state index contributed by atoms with van der Waals surface area (Å²) in [6.07, 6.45) is 3.37. The molecule has 1 aromatic carbocycles. The van der Waals surface area contributed by atoms with Crippen molar-refractivity contribution < 1.29 is 19.4 Å². The summed E-state index contributed by atoms with van der Waals surface area (Å²) in [4.78, 5) is 21.9. The Bertz CT molecular complexity index is 468. The van der Waals surface area contributed by atoms with Gasteiger partial charge in [0.05, 0.1) is 0 Å². The van der Waals surface area contributed by atoms with Crippen LogP contribution in [0.25, 0.3) is 6.08 Å². The fourth-order valence-electron chi connectivity index (χ4n) is 1.39. The molecule has 0 spiro atoms. The summed E-state index contributed by atoms with van der Waals surface area (Å²) in [5, 5.41) is 11.2. The first kappa shape index (κ1) is 14.9. The minimum Gasteiger partial charge on any atom is -0.478 e. The molecule has 2 N–H and O–H groups in total. The average Bonchev–Trinajstić information content (AvgIpc) is 2.37. The molecule has 0 heterocycles. The molecule has 0 aliphatic heterocycles. The molecular formula is C14H17NO4. The topological polar surface area (TPSA) is 75.6 Å². The molecule has 1 amide bonds. The normalized spacial score (nSPS) is 10.6. The van der Waals surface area contributed by atoms with Crippen molar-refractivity contribution in [2.45, 2.75) is 13.3 Å². The zero-order valence-electron chi connectivity index (χ0n) is 10.8. The van der Waals surface area contributed by atoms with E-state index in [2.05, 4.69) is 5.32 Å². The van der Waals surface area contributed by atoms with Gasteiger partial charge < -0.3 is 15.2 Å². The first-order valence-corrected chi connectivity index (χ1v) is 6.00. The summed E-state index contributed by atoms with van der Waals surface area (Å²) >= 11 is 0. The van der Waals surface area contributed by atoms with Gasteiger partial charge in [-0.15, -0.1) is 0 Å². The van der Waals surface area contributed by atoms with Crippen molar-refractivity contribution in [3.8, 4) is 0 Å². The molecule has 0 aliphatic rings. The third-order valence-corrected chi connectivity index (χ3v) is 2.17. The van der Waals surface area contributed by atoms with Gasteiger partial charge in [-0.25, -0.2) is 4.79 Å². The second kappa shape index (κ2) is 8.05. The van der Waals surface area contributed by atoms with Gasteiger partial charge in [-0.05, 0) is 30.2 Å². The van der Waals surface area contributed by atoms with E-state index < -0.39 is 5.97 Å². The Kier molecular flexibility index (Phi) is 6.32. The minimum absolute atomic E-state index is 0.0169. The largest absolute Gasteiger partial charge is 0.478 e. The van der Waals surface area contributed by atoms with E-state index in [0.29, 0.717) is 17.9 Å². The lowest BCUT2D eigenvalue weighted by Crippen LogP contribution is -2.18. The van der Waals surface area contributed by atoms with Gasteiger partial charge in [-0.3, -0.25) is 4.79 Å². The molecule has 0 radical (unpaired) electrons. The molecule has 0 fully saturated rings. The summed E-state index contributed by atoms with van der Waals surface area (Å²) < 4.78 is 5.12. The van der Waals surface area contributed by atoms with Crippen molar-refractivity contribution in [2.24, 2.45) is 0 Å². The van der Waals surface area contributed by atoms with Gasteiger partial charge in [-0.2, -0.15) is 0 Å². The molecule has 0 atom stereocenters. The van der Waals surface area contributed by atoms with Crippen LogP contribution in [0.3, 0.4) is 0 Å². The molecule has 5 heteroatoms. The standard InChI is InChI=1S/C14H17NO4/c1-2-8-19-10-13(16)15-12-5-3-4-11(9-12)6-7-14(17)18/h3-7,9H,2,8,10H2,1H3,(H,15,16)(H,17,18)/b7-6+. The lowest BCUT2D eigenvalue weighted by molar-refractivity contribution is -0.131. The second-order valence-corrected chi connectivity index (χ2v) is 3.90. The van der Waals surface area contributed by atoms with Crippen LogP contribution in [0.1, 0.15) is 18.9 Å². The van der Waals surface area contributed by atoms with Crippen LogP contribution in [-0.4, -0.2) is 30.2 Å². The van der Waals surface area contributed by atoms with Crippen molar-refractivity contribution in [1.29, 1.82) is 0 Å². The fraction of sp³-hybridized carbons (Fsp3) is 0.286. The van der Waals surface area contributed by atoms with Gasteiger partial charge in [0.15, 0.2) is 0 Å². The Morgan fingerprint density at radius 1 is 1.42 bits per heavy atom. The Labute approximate surface area is 111 Å². The number of carbonyl (C=O) groups is 2. The average molecular weight is 263 g/mol. The van der Waals surface area contributed by atoms with Crippen molar-refractivity contribution in [3.05, 3.63) is 35.9 Å². The van der Waals surface area contributed by atoms with Crippen LogP contribution >= 0.6 is 0 Å². The van der Waals surface area contributed by atoms with Gasteiger partial charge in [0, 0.05) is 18.4 Å². The Morgan fingerprint density at radius 3 is 2.89 bits per heavy atom. The lowest BCUT2D eigenvalue weighted by Gasteiger charge is -2.06. The summed E-state index contributed by atoms with van der Waals surface area (Å²) in [5.74, 6) is -1.24. The van der Waals surface area contributed by atoms with Crippen LogP contribution in [-0.2, 0) is 14.3 Å². The number of carbonyl (C=O) groups excluding carboxylic acids is 1. The van der Waals surface area contributed by atoms with Crippen LogP contribution in [0.2, 0.25) is 0 Å². The van der Waals surface area contributed by atoms with E-state index in [-0.39, 0.29) is 12.5 Å². The van der Waals surface area contributed by atoms with E-state index >= 15 is 0 Å². The quantitative estimate of drug-likeness (QED) is 0.584. The molecule has 102 valence electrons. The Balaban J connectivity index is 2.56. The maximum Gasteiger partial charge on any atom is 0.328 e. The highest BCUT2D eigenvalue weighted by Crippen LogP contribution is 2.12. The molecule has 1 rings (SSSR count). The number of hydrogen-bond acceptors (Lipinski definition) is 3. The van der Waals surface area contributed by atoms with E-state index in [1.165, 1.54) is 6.08 Å². The molecule has 0 bridgehead atoms. The molecule has 0 aromatic heterocycles. The Morgan fingerprint density at radius 2 is 2.21 bits per heavy atom. The number of benzene rings is 1. The highest BCUT2D eigenvalue weighted by Gasteiger charge is 2.02. The van der Waals surface area contributed by atoms with E-state index in [4.69, 9.17) is 9.84 Å². The number of amides is 1. The van der Waals surface area contributed by atoms with E-state index in [9.17, 15) is 9.59 Å². The SMILES string of the molecule is CCCOCC(=O)Nc1cccc(/C=C/C(=O)O)c1. The van der Waals surface area contributed by atoms with Crippen LogP contribution in [0, 0.1) is 0 Å². The molecule has 1 aromatic rings. The van der Waals surface area contributed by atoms with Gasteiger partial charge in [0.25, 0.3) is 0 Å². The van der Waals surface area contributed by atoms with Crippen LogP contribution in [0.4, 0.5) is 5.69 Å². The van der Waals surface area contributed by atoms with E-state index in [0.717, 1.165) is 12.5 Å². The van der Waals surface area contributed by atoms with Crippen molar-refractivity contribution in [1.82, 2.24) is 0 Å². The smallest absolute Gasteiger partial charge is 0.328 e. The number of anilines is 1. The third-order valence-electron chi connectivity index (χ3n) is 2.17. The number of rotatable bonds is 7. The lowest BCUT2D eigenvalue weighted by atomic mass is 10.2. The third kappa shape index (κ3) is 6.38. The van der Waals surface area contributed by atoms with Crippen molar-refractivity contribution in [3.63, 3.8) is 0 Å². The van der Waals surface area contributed by atoms with Gasteiger partial charge >= 0.3 is 5.97 Å². The maximum absolute atomic E-state index is 11.5. The first-order chi connectivity index (χ1) is 9.11. The summed E-state index contributed by atoms with van der Waals surface area (Å²) in [7, 11) is 0. The van der Waals surface area contributed by atoms with E-state index in [1.807, 2.05) is 6.92 Å². The number of aliphatic carboxylic acids is 1. The summed E-state index contributed by atoms with van der Waals surface area (Å²) in [6.45, 7) is 2.54. The maximum atomic E-state index is 11.5. The van der Waals surface area contributed by atoms with Crippen LogP contribution < -0.4 is 5.32 Å². The summed E-state index contributed by atoms with van der Waals surface area (Å²) in [5.41, 5.74) is 1.31. The molecule has 19 heavy (non-hydrogen) atoms. The van der Waals surface area contributed by atoms with Gasteiger partial charge in [-0.1, -0.05) is 19.1 Å². The highest BCUT2D eigenvalue weighted by molar-refractivity contribution is 5.92. The number of carboxylic acids is 1. The minimum atomic E-state index is -1.01. The number of carboxylic acid groups (broad SMARTS) is 1. The number of hydrogen-bond donors (Lipinski definition) is 2. The molecule has 0 saturated heterocycles. The number of nitrogens with one attached hydrogen (secondary N) is 1. The number of ether oxygens (including phenoxy) is 1. The first-order valence-electron chi connectivity index (χ1n) is 6.00. The zero-order chi connectivity index (χ0) is 14.1. The predicted octanol–water partition coefficient (Wildman–Crippen LogP) is 2.15. The molecule has 0 unspecified atom stereocenters.